The lowest BCUT2D eigenvalue weighted by Gasteiger charge is -2.11. The van der Waals surface area contributed by atoms with Crippen LogP contribution in [-0.2, 0) is 13.0 Å². The second-order valence-corrected chi connectivity index (χ2v) is 7.94. The number of hydrogen-bond donors (Lipinski definition) is 1. The van der Waals surface area contributed by atoms with Crippen LogP contribution in [-0.4, -0.2) is 35.4 Å². The number of aromatic nitrogens is 5. The van der Waals surface area contributed by atoms with Gasteiger partial charge in [0.05, 0.1) is 22.0 Å². The van der Waals surface area contributed by atoms with Gasteiger partial charge in [0.2, 0.25) is 0 Å². The summed E-state index contributed by atoms with van der Waals surface area (Å²) in [5.74, 6) is 0.685. The number of nitro benzene ring substituents is 1. The van der Waals surface area contributed by atoms with E-state index in [-0.39, 0.29) is 11.4 Å². The first-order chi connectivity index (χ1) is 16.0. The number of anilines is 1. The molecule has 0 atom stereocenters. The van der Waals surface area contributed by atoms with Gasteiger partial charge in [0.25, 0.3) is 11.6 Å². The van der Waals surface area contributed by atoms with Crippen LogP contribution in [0.15, 0.2) is 54.7 Å². The SMILES string of the molecule is Cc1c(C(=O)Nc2cccc(-c3cn4c(n3)CCCC4)c2)nnn1-c1cccc([N+](=O)[O-])c1. The predicted octanol–water partition coefficient (Wildman–Crippen LogP) is 3.94. The first kappa shape index (κ1) is 20.6. The van der Waals surface area contributed by atoms with E-state index in [0.29, 0.717) is 17.1 Å². The van der Waals surface area contributed by atoms with Crippen LogP contribution in [0.1, 0.15) is 34.8 Å². The van der Waals surface area contributed by atoms with Crippen LogP contribution >= 0.6 is 0 Å². The number of benzene rings is 2. The van der Waals surface area contributed by atoms with E-state index in [1.165, 1.54) is 16.8 Å². The smallest absolute Gasteiger partial charge is 0.278 e. The first-order valence-corrected chi connectivity index (χ1v) is 10.6. The van der Waals surface area contributed by atoms with Gasteiger partial charge in [-0.1, -0.05) is 23.4 Å². The molecule has 0 aliphatic carbocycles. The van der Waals surface area contributed by atoms with Gasteiger partial charge >= 0.3 is 0 Å². The molecule has 0 fully saturated rings. The minimum absolute atomic E-state index is 0.0637. The Morgan fingerprint density at radius 3 is 2.82 bits per heavy atom. The zero-order chi connectivity index (χ0) is 22.9. The Hall–Kier alpha value is -4.34. The van der Waals surface area contributed by atoms with Crippen molar-refractivity contribution in [1.29, 1.82) is 0 Å². The maximum Gasteiger partial charge on any atom is 0.278 e. The normalized spacial score (nSPS) is 12.9. The Balaban J connectivity index is 1.37. The van der Waals surface area contributed by atoms with Crippen LogP contribution in [0.2, 0.25) is 0 Å². The van der Waals surface area contributed by atoms with Gasteiger partial charge in [-0.3, -0.25) is 14.9 Å². The van der Waals surface area contributed by atoms with Gasteiger partial charge in [0.1, 0.15) is 5.82 Å². The van der Waals surface area contributed by atoms with Gasteiger partial charge in [0, 0.05) is 42.5 Å². The molecule has 10 nitrogen and oxygen atoms in total. The summed E-state index contributed by atoms with van der Waals surface area (Å²) >= 11 is 0. The van der Waals surface area contributed by atoms with E-state index in [2.05, 4.69) is 26.4 Å². The lowest BCUT2D eigenvalue weighted by atomic mass is 10.1. The Bertz CT molecular complexity index is 1350. The third-order valence-corrected chi connectivity index (χ3v) is 5.72. The number of nitro groups is 1. The van der Waals surface area contributed by atoms with Gasteiger partial charge in [-0.05, 0) is 38.0 Å². The molecule has 2 aromatic carbocycles. The molecule has 10 heteroatoms. The number of amides is 1. The second kappa shape index (κ2) is 8.30. The Kier molecular flexibility index (Phi) is 5.17. The van der Waals surface area contributed by atoms with Crippen LogP contribution < -0.4 is 5.32 Å². The highest BCUT2D eigenvalue weighted by molar-refractivity contribution is 6.03. The summed E-state index contributed by atoms with van der Waals surface area (Å²) in [5.41, 5.74) is 3.44. The molecule has 1 aliphatic rings. The number of non-ortho nitro benzene ring substituents is 1. The fourth-order valence-electron chi connectivity index (χ4n) is 4.02. The second-order valence-electron chi connectivity index (χ2n) is 7.94. The first-order valence-electron chi connectivity index (χ1n) is 10.6. The number of rotatable bonds is 5. The zero-order valence-electron chi connectivity index (χ0n) is 17.9. The van der Waals surface area contributed by atoms with Gasteiger partial charge in [0.15, 0.2) is 5.69 Å². The molecule has 0 bridgehead atoms. The minimum Gasteiger partial charge on any atom is -0.334 e. The van der Waals surface area contributed by atoms with Gasteiger partial charge in [-0.25, -0.2) is 9.67 Å². The molecule has 0 radical (unpaired) electrons. The van der Waals surface area contributed by atoms with Crippen LogP contribution in [0, 0.1) is 17.0 Å². The van der Waals surface area contributed by atoms with Crippen molar-refractivity contribution < 1.29 is 9.72 Å². The van der Waals surface area contributed by atoms with Crippen LogP contribution in [0.5, 0.6) is 0 Å². The van der Waals surface area contributed by atoms with E-state index < -0.39 is 10.8 Å². The van der Waals surface area contributed by atoms with Crippen molar-refractivity contribution in [3.05, 3.63) is 82.1 Å². The van der Waals surface area contributed by atoms with E-state index in [4.69, 9.17) is 4.98 Å². The molecule has 3 heterocycles. The summed E-state index contributed by atoms with van der Waals surface area (Å²) in [6.45, 7) is 2.68. The average Bonchev–Trinajstić information content (AvgIpc) is 3.43. The molecule has 33 heavy (non-hydrogen) atoms. The summed E-state index contributed by atoms with van der Waals surface area (Å²) in [4.78, 5) is 28.2. The number of imidazole rings is 1. The number of nitrogens with zero attached hydrogens (tertiary/aromatic N) is 6. The molecular formula is C23H21N7O3. The number of aryl methyl sites for hydroxylation is 2. The van der Waals surface area contributed by atoms with Crippen molar-refractivity contribution in [3.63, 3.8) is 0 Å². The highest BCUT2D eigenvalue weighted by Crippen LogP contribution is 2.25. The summed E-state index contributed by atoms with van der Waals surface area (Å²) < 4.78 is 3.60. The number of carbonyl (C=O) groups excluding carboxylic acids is 1. The van der Waals surface area contributed by atoms with E-state index in [9.17, 15) is 14.9 Å². The van der Waals surface area contributed by atoms with E-state index in [1.807, 2.05) is 18.2 Å². The highest BCUT2D eigenvalue weighted by Gasteiger charge is 2.19. The van der Waals surface area contributed by atoms with E-state index in [0.717, 1.165) is 42.9 Å². The summed E-state index contributed by atoms with van der Waals surface area (Å²) in [6.07, 6.45) is 5.36. The minimum atomic E-state index is -0.479. The van der Waals surface area contributed by atoms with Crippen molar-refractivity contribution in [2.75, 3.05) is 5.32 Å². The van der Waals surface area contributed by atoms with Crippen LogP contribution in [0.25, 0.3) is 16.9 Å². The molecule has 1 N–H and O–H groups in total. The van der Waals surface area contributed by atoms with Gasteiger partial charge < -0.3 is 9.88 Å². The maximum absolute atomic E-state index is 12.9. The summed E-state index contributed by atoms with van der Waals surface area (Å²) in [7, 11) is 0. The number of carbonyl (C=O) groups is 1. The number of hydrogen-bond acceptors (Lipinski definition) is 6. The van der Waals surface area contributed by atoms with Gasteiger partial charge in [-0.2, -0.15) is 0 Å². The molecule has 1 amide bonds. The quantitative estimate of drug-likeness (QED) is 0.368. The fourth-order valence-corrected chi connectivity index (χ4v) is 4.02. The average molecular weight is 443 g/mol. The van der Waals surface area contributed by atoms with Crippen molar-refractivity contribution >= 4 is 17.3 Å². The standard InChI is InChI=1S/C23H21N7O3/c1-15-22(26-27-29(15)18-8-5-9-19(13-18)30(32)33)23(31)24-17-7-4-6-16(12-17)20-14-28-11-3-2-10-21(28)25-20/h4-9,12-14H,2-3,10-11H2,1H3,(H,24,31). The van der Waals surface area contributed by atoms with E-state index >= 15 is 0 Å². The summed E-state index contributed by atoms with van der Waals surface area (Å²) in [6, 6.07) is 13.5. The Morgan fingerprint density at radius 2 is 2.00 bits per heavy atom. The molecule has 4 aromatic rings. The topological polar surface area (TPSA) is 121 Å². The lowest BCUT2D eigenvalue weighted by molar-refractivity contribution is -0.384. The molecule has 0 saturated heterocycles. The van der Waals surface area contributed by atoms with Gasteiger partial charge in [-0.15, -0.1) is 5.10 Å². The Labute approximate surface area is 189 Å². The van der Waals surface area contributed by atoms with Crippen molar-refractivity contribution in [2.24, 2.45) is 0 Å². The molecule has 2 aromatic heterocycles. The third-order valence-electron chi connectivity index (χ3n) is 5.72. The highest BCUT2D eigenvalue weighted by atomic mass is 16.6. The third kappa shape index (κ3) is 3.98. The lowest BCUT2D eigenvalue weighted by Crippen LogP contribution is -2.14. The predicted molar refractivity (Wildman–Crippen MR) is 121 cm³/mol. The molecule has 0 unspecified atom stereocenters. The molecule has 0 spiro atoms. The number of nitrogens with one attached hydrogen (secondary N) is 1. The Morgan fingerprint density at radius 1 is 1.15 bits per heavy atom. The fraction of sp³-hybridized carbons (Fsp3) is 0.217. The van der Waals surface area contributed by atoms with Crippen LogP contribution in [0.3, 0.4) is 0 Å². The van der Waals surface area contributed by atoms with Crippen LogP contribution in [0.4, 0.5) is 11.4 Å². The molecule has 0 saturated carbocycles. The zero-order valence-corrected chi connectivity index (χ0v) is 17.9. The van der Waals surface area contributed by atoms with Crippen molar-refractivity contribution in [2.45, 2.75) is 32.7 Å². The largest absolute Gasteiger partial charge is 0.334 e. The maximum atomic E-state index is 12.9. The molecule has 1 aliphatic heterocycles. The molecular weight excluding hydrogens is 422 g/mol. The molecule has 166 valence electrons. The van der Waals surface area contributed by atoms with E-state index in [1.54, 1.807) is 25.1 Å². The molecule has 5 rings (SSSR count). The van der Waals surface area contributed by atoms with Crippen molar-refractivity contribution in [1.82, 2.24) is 24.5 Å². The number of fused-ring (bicyclic) bond motifs is 1. The van der Waals surface area contributed by atoms with Crippen molar-refractivity contribution in [3.8, 4) is 16.9 Å². The monoisotopic (exact) mass is 443 g/mol. The summed E-state index contributed by atoms with van der Waals surface area (Å²) in [5, 5.41) is 22.0.